The highest BCUT2D eigenvalue weighted by molar-refractivity contribution is 9.10. The molecule has 0 unspecified atom stereocenters. The SMILES string of the molecule is O=C(CN1CCN(Cc2ccc3c(c2)OCO3)CC1)Nc1cc2c(cc1Br)OCCO2. The van der Waals surface area contributed by atoms with Crippen LogP contribution in [-0.2, 0) is 11.3 Å². The number of carbonyl (C=O) groups excluding carboxylic acids is 1. The van der Waals surface area contributed by atoms with Gasteiger partial charge in [-0.2, -0.15) is 0 Å². The maximum Gasteiger partial charge on any atom is 0.238 e. The first-order valence-electron chi connectivity index (χ1n) is 10.4. The zero-order valence-corrected chi connectivity index (χ0v) is 18.7. The fraction of sp³-hybridized carbons (Fsp3) is 0.409. The van der Waals surface area contributed by atoms with E-state index in [1.165, 1.54) is 5.56 Å². The van der Waals surface area contributed by atoms with Gasteiger partial charge < -0.3 is 24.3 Å². The van der Waals surface area contributed by atoms with Crippen molar-refractivity contribution in [3.05, 3.63) is 40.4 Å². The number of hydrogen-bond donors (Lipinski definition) is 1. The summed E-state index contributed by atoms with van der Waals surface area (Å²) >= 11 is 3.50. The summed E-state index contributed by atoms with van der Waals surface area (Å²) in [4.78, 5) is 17.2. The smallest absolute Gasteiger partial charge is 0.238 e. The van der Waals surface area contributed by atoms with E-state index in [2.05, 4.69) is 37.1 Å². The molecule has 0 aromatic heterocycles. The first-order valence-corrected chi connectivity index (χ1v) is 11.2. The van der Waals surface area contributed by atoms with Crippen molar-refractivity contribution in [2.75, 3.05) is 58.0 Å². The molecule has 164 valence electrons. The first-order chi connectivity index (χ1) is 15.1. The van der Waals surface area contributed by atoms with E-state index in [0.717, 1.165) is 48.7 Å². The highest BCUT2D eigenvalue weighted by Gasteiger charge is 2.21. The Labute approximate surface area is 189 Å². The molecule has 3 aliphatic rings. The lowest BCUT2D eigenvalue weighted by molar-refractivity contribution is -0.117. The Morgan fingerprint density at radius 3 is 2.35 bits per heavy atom. The molecule has 0 spiro atoms. The lowest BCUT2D eigenvalue weighted by atomic mass is 10.1. The lowest BCUT2D eigenvalue weighted by Gasteiger charge is -2.34. The molecule has 3 aliphatic heterocycles. The average Bonchev–Trinajstić information content (AvgIpc) is 3.23. The largest absolute Gasteiger partial charge is 0.486 e. The molecule has 0 saturated carbocycles. The van der Waals surface area contributed by atoms with Crippen LogP contribution in [0.5, 0.6) is 23.0 Å². The number of benzene rings is 2. The molecule has 2 aromatic carbocycles. The number of fused-ring (bicyclic) bond motifs is 2. The number of ether oxygens (including phenoxy) is 4. The predicted octanol–water partition coefficient (Wildman–Crippen LogP) is 2.71. The van der Waals surface area contributed by atoms with Crippen LogP contribution in [0.3, 0.4) is 0 Å². The quantitative estimate of drug-likeness (QED) is 0.691. The molecule has 0 bridgehead atoms. The van der Waals surface area contributed by atoms with Crippen molar-refractivity contribution in [2.45, 2.75) is 6.54 Å². The zero-order chi connectivity index (χ0) is 21.2. The molecule has 2 aromatic rings. The molecule has 31 heavy (non-hydrogen) atoms. The number of hydrogen-bond acceptors (Lipinski definition) is 7. The van der Waals surface area contributed by atoms with Crippen molar-refractivity contribution in [2.24, 2.45) is 0 Å². The molecular formula is C22H24BrN3O5. The van der Waals surface area contributed by atoms with Gasteiger partial charge in [0.2, 0.25) is 12.7 Å². The van der Waals surface area contributed by atoms with Crippen molar-refractivity contribution in [1.82, 2.24) is 9.80 Å². The maximum absolute atomic E-state index is 12.6. The Hall–Kier alpha value is -2.49. The molecule has 0 radical (unpaired) electrons. The Morgan fingerprint density at radius 1 is 0.871 bits per heavy atom. The molecule has 0 aliphatic carbocycles. The van der Waals surface area contributed by atoms with E-state index in [0.29, 0.717) is 43.7 Å². The van der Waals surface area contributed by atoms with E-state index in [1.54, 1.807) is 6.07 Å². The molecule has 9 heteroatoms. The third-order valence-corrected chi connectivity index (χ3v) is 6.24. The van der Waals surface area contributed by atoms with E-state index in [9.17, 15) is 4.79 Å². The summed E-state index contributed by atoms with van der Waals surface area (Å²) in [6.07, 6.45) is 0. The molecule has 0 atom stereocenters. The number of carbonyl (C=O) groups is 1. The standard InChI is InChI=1S/C22H24BrN3O5/c23-16-10-20-21(29-8-7-28-20)11-17(16)24-22(27)13-26-5-3-25(4-6-26)12-15-1-2-18-19(9-15)31-14-30-18/h1-2,9-11H,3-8,12-14H2,(H,24,27). The second-order valence-corrected chi connectivity index (χ2v) is 8.62. The van der Waals surface area contributed by atoms with Crippen LogP contribution in [0.2, 0.25) is 0 Å². The summed E-state index contributed by atoms with van der Waals surface area (Å²) in [5.74, 6) is 2.93. The van der Waals surface area contributed by atoms with Gasteiger partial charge in [0.15, 0.2) is 23.0 Å². The molecule has 1 saturated heterocycles. The molecule has 1 fully saturated rings. The lowest BCUT2D eigenvalue weighted by Crippen LogP contribution is -2.48. The van der Waals surface area contributed by atoms with E-state index in [-0.39, 0.29) is 5.91 Å². The third kappa shape index (κ3) is 4.73. The zero-order valence-electron chi connectivity index (χ0n) is 17.1. The number of nitrogens with one attached hydrogen (secondary N) is 1. The second kappa shape index (κ2) is 8.94. The van der Waals surface area contributed by atoms with Gasteiger partial charge in [0.05, 0.1) is 12.2 Å². The third-order valence-electron chi connectivity index (χ3n) is 5.58. The van der Waals surface area contributed by atoms with Crippen LogP contribution in [-0.4, -0.2) is 68.4 Å². The highest BCUT2D eigenvalue weighted by atomic mass is 79.9. The van der Waals surface area contributed by atoms with Crippen molar-refractivity contribution >= 4 is 27.5 Å². The summed E-state index contributed by atoms with van der Waals surface area (Å²) in [5, 5.41) is 2.98. The highest BCUT2D eigenvalue weighted by Crippen LogP contribution is 2.38. The van der Waals surface area contributed by atoms with Crippen LogP contribution in [0.1, 0.15) is 5.56 Å². The molecule has 1 amide bonds. The molecule has 1 N–H and O–H groups in total. The van der Waals surface area contributed by atoms with Gasteiger partial charge in [-0.3, -0.25) is 14.6 Å². The number of nitrogens with zero attached hydrogens (tertiary/aromatic N) is 2. The van der Waals surface area contributed by atoms with Crippen molar-refractivity contribution < 1.29 is 23.7 Å². The van der Waals surface area contributed by atoms with Gasteiger partial charge in [0, 0.05) is 49.3 Å². The first kappa shape index (κ1) is 20.4. The van der Waals surface area contributed by atoms with Gasteiger partial charge in [0.25, 0.3) is 0 Å². The molecule has 8 nitrogen and oxygen atoms in total. The van der Waals surface area contributed by atoms with E-state index in [1.807, 2.05) is 18.2 Å². The molecule has 3 heterocycles. The summed E-state index contributed by atoms with van der Waals surface area (Å²) in [5.41, 5.74) is 1.90. The van der Waals surface area contributed by atoms with Crippen LogP contribution in [0.25, 0.3) is 0 Å². The summed E-state index contributed by atoms with van der Waals surface area (Å²) in [6, 6.07) is 9.74. The monoisotopic (exact) mass is 489 g/mol. The van der Waals surface area contributed by atoms with Gasteiger partial charge in [-0.15, -0.1) is 0 Å². The summed E-state index contributed by atoms with van der Waals surface area (Å²) in [6.45, 7) is 6.08. The second-order valence-electron chi connectivity index (χ2n) is 7.76. The number of anilines is 1. The number of rotatable bonds is 5. The summed E-state index contributed by atoms with van der Waals surface area (Å²) < 4.78 is 22.8. The van der Waals surface area contributed by atoms with Crippen LogP contribution in [0.4, 0.5) is 5.69 Å². The summed E-state index contributed by atoms with van der Waals surface area (Å²) in [7, 11) is 0. The Kier molecular flexibility index (Phi) is 5.89. The minimum atomic E-state index is -0.0402. The Morgan fingerprint density at radius 2 is 1.55 bits per heavy atom. The van der Waals surface area contributed by atoms with Gasteiger partial charge >= 0.3 is 0 Å². The average molecular weight is 490 g/mol. The maximum atomic E-state index is 12.6. The van der Waals surface area contributed by atoms with Gasteiger partial charge in [0.1, 0.15) is 13.2 Å². The van der Waals surface area contributed by atoms with Gasteiger partial charge in [-0.05, 0) is 33.6 Å². The predicted molar refractivity (Wildman–Crippen MR) is 118 cm³/mol. The number of piperazine rings is 1. The Balaban J connectivity index is 1.11. The van der Waals surface area contributed by atoms with Crippen LogP contribution in [0.15, 0.2) is 34.8 Å². The fourth-order valence-corrected chi connectivity index (χ4v) is 4.38. The topological polar surface area (TPSA) is 72.5 Å². The Bertz CT molecular complexity index is 978. The van der Waals surface area contributed by atoms with Crippen molar-refractivity contribution in [1.29, 1.82) is 0 Å². The minimum absolute atomic E-state index is 0.0402. The van der Waals surface area contributed by atoms with Gasteiger partial charge in [-0.25, -0.2) is 0 Å². The van der Waals surface area contributed by atoms with Crippen LogP contribution in [0, 0.1) is 0 Å². The number of amides is 1. The number of halogens is 1. The van der Waals surface area contributed by atoms with Crippen LogP contribution < -0.4 is 24.3 Å². The normalized spacial score (nSPS) is 18.1. The minimum Gasteiger partial charge on any atom is -0.486 e. The van der Waals surface area contributed by atoms with Gasteiger partial charge in [-0.1, -0.05) is 6.07 Å². The van der Waals surface area contributed by atoms with E-state index in [4.69, 9.17) is 18.9 Å². The van der Waals surface area contributed by atoms with Crippen LogP contribution >= 0.6 is 15.9 Å². The molecular weight excluding hydrogens is 466 g/mol. The van der Waals surface area contributed by atoms with Crippen molar-refractivity contribution in [3.8, 4) is 23.0 Å². The van der Waals surface area contributed by atoms with E-state index < -0.39 is 0 Å². The van der Waals surface area contributed by atoms with Crippen molar-refractivity contribution in [3.63, 3.8) is 0 Å². The van der Waals surface area contributed by atoms with E-state index >= 15 is 0 Å². The molecule has 5 rings (SSSR count). The fourth-order valence-electron chi connectivity index (χ4n) is 3.96.